The van der Waals surface area contributed by atoms with Gasteiger partial charge < -0.3 is 29.2 Å². The Morgan fingerprint density at radius 1 is 1.36 bits per heavy atom. The van der Waals surface area contributed by atoms with Crippen molar-refractivity contribution in [2.45, 2.75) is 12.7 Å². The number of nitrogens with zero attached hydrogens (tertiary/aromatic N) is 2. The lowest BCUT2D eigenvalue weighted by atomic mass is 10.2. The van der Waals surface area contributed by atoms with Crippen molar-refractivity contribution in [1.82, 2.24) is 14.7 Å². The van der Waals surface area contributed by atoms with E-state index in [1.807, 2.05) is 35.0 Å². The van der Waals surface area contributed by atoms with Gasteiger partial charge in [-0.3, -0.25) is 4.79 Å². The topological polar surface area (TPSA) is 86.1 Å². The number of nitrogens with one attached hydrogen (secondary N) is 2. The highest BCUT2D eigenvalue weighted by molar-refractivity contribution is 5.94. The summed E-state index contributed by atoms with van der Waals surface area (Å²) in [5.41, 5.74) is 2.27. The number of morpholine rings is 1. The zero-order valence-electron chi connectivity index (χ0n) is 15.6. The maximum atomic E-state index is 12.4. The van der Waals surface area contributed by atoms with Crippen LogP contribution in [-0.4, -0.2) is 48.2 Å². The summed E-state index contributed by atoms with van der Waals surface area (Å²) >= 11 is 0. The van der Waals surface area contributed by atoms with Crippen LogP contribution in [0.1, 0.15) is 5.69 Å². The first kappa shape index (κ1) is 18.3. The number of amides is 1. The van der Waals surface area contributed by atoms with Gasteiger partial charge in [0.05, 0.1) is 19.4 Å². The van der Waals surface area contributed by atoms with E-state index in [4.69, 9.17) is 14.2 Å². The SMILES string of the molecule is COc1ccc(NC(=O)C2CNCCO2)cc1OCc1cn2ccccc2n1. The van der Waals surface area contributed by atoms with Crippen molar-refractivity contribution < 1.29 is 19.0 Å². The summed E-state index contributed by atoms with van der Waals surface area (Å²) in [5, 5.41) is 6.00. The van der Waals surface area contributed by atoms with Crippen LogP contribution >= 0.6 is 0 Å². The summed E-state index contributed by atoms with van der Waals surface area (Å²) in [6.45, 7) is 2.06. The smallest absolute Gasteiger partial charge is 0.254 e. The minimum absolute atomic E-state index is 0.191. The van der Waals surface area contributed by atoms with E-state index in [0.717, 1.165) is 17.9 Å². The number of fused-ring (bicyclic) bond motifs is 1. The monoisotopic (exact) mass is 382 g/mol. The van der Waals surface area contributed by atoms with E-state index in [-0.39, 0.29) is 12.5 Å². The summed E-state index contributed by atoms with van der Waals surface area (Å²) in [6, 6.07) is 11.1. The molecular weight excluding hydrogens is 360 g/mol. The molecule has 1 amide bonds. The van der Waals surface area contributed by atoms with Gasteiger partial charge in [0.15, 0.2) is 11.5 Å². The number of pyridine rings is 1. The summed E-state index contributed by atoms with van der Waals surface area (Å²) in [5.74, 6) is 0.918. The third kappa shape index (κ3) is 4.08. The van der Waals surface area contributed by atoms with Gasteiger partial charge >= 0.3 is 0 Å². The number of carbonyl (C=O) groups is 1. The molecule has 0 spiro atoms. The maximum Gasteiger partial charge on any atom is 0.254 e. The van der Waals surface area contributed by atoms with Crippen LogP contribution in [0.5, 0.6) is 11.5 Å². The van der Waals surface area contributed by atoms with E-state index < -0.39 is 6.10 Å². The van der Waals surface area contributed by atoms with Crippen molar-refractivity contribution in [3.8, 4) is 11.5 Å². The van der Waals surface area contributed by atoms with E-state index in [1.54, 1.807) is 25.3 Å². The number of benzene rings is 1. The molecule has 1 aliphatic heterocycles. The number of rotatable bonds is 6. The molecule has 1 aromatic carbocycles. The second-order valence-corrected chi connectivity index (χ2v) is 6.41. The molecule has 0 saturated carbocycles. The van der Waals surface area contributed by atoms with Crippen LogP contribution < -0.4 is 20.1 Å². The summed E-state index contributed by atoms with van der Waals surface area (Å²) in [7, 11) is 1.58. The predicted octanol–water partition coefficient (Wildman–Crippen LogP) is 1.85. The van der Waals surface area contributed by atoms with Crippen LogP contribution in [0.15, 0.2) is 48.8 Å². The summed E-state index contributed by atoms with van der Waals surface area (Å²) in [4.78, 5) is 16.9. The van der Waals surface area contributed by atoms with E-state index in [0.29, 0.717) is 30.3 Å². The Kier molecular flexibility index (Phi) is 5.41. The molecule has 0 bridgehead atoms. The molecule has 1 fully saturated rings. The number of hydrogen-bond donors (Lipinski definition) is 2. The van der Waals surface area contributed by atoms with E-state index in [9.17, 15) is 4.79 Å². The number of methoxy groups -OCH3 is 1. The quantitative estimate of drug-likeness (QED) is 0.677. The fourth-order valence-corrected chi connectivity index (χ4v) is 3.03. The Balaban J connectivity index is 1.46. The van der Waals surface area contributed by atoms with Gasteiger partial charge in [-0.15, -0.1) is 0 Å². The van der Waals surface area contributed by atoms with Gasteiger partial charge in [0.1, 0.15) is 18.4 Å². The van der Waals surface area contributed by atoms with Gasteiger partial charge in [0.2, 0.25) is 0 Å². The number of anilines is 1. The molecule has 3 heterocycles. The number of carbonyl (C=O) groups excluding carboxylic acids is 1. The number of hydrogen-bond acceptors (Lipinski definition) is 6. The Morgan fingerprint density at radius 2 is 2.29 bits per heavy atom. The lowest BCUT2D eigenvalue weighted by Gasteiger charge is -2.22. The van der Waals surface area contributed by atoms with Gasteiger partial charge in [-0.25, -0.2) is 4.98 Å². The van der Waals surface area contributed by atoms with Crippen LogP contribution in [0.3, 0.4) is 0 Å². The minimum Gasteiger partial charge on any atom is -0.493 e. The molecule has 0 aliphatic carbocycles. The number of imidazole rings is 1. The molecule has 1 aliphatic rings. The van der Waals surface area contributed by atoms with Crippen molar-refractivity contribution >= 4 is 17.2 Å². The lowest BCUT2D eigenvalue weighted by Crippen LogP contribution is -2.45. The molecule has 2 N–H and O–H groups in total. The number of aromatic nitrogens is 2. The second kappa shape index (κ2) is 8.28. The average Bonchev–Trinajstić information content (AvgIpc) is 3.16. The van der Waals surface area contributed by atoms with E-state index in [1.165, 1.54) is 0 Å². The molecule has 4 rings (SSSR count). The van der Waals surface area contributed by atoms with Crippen molar-refractivity contribution in [2.24, 2.45) is 0 Å². The maximum absolute atomic E-state index is 12.4. The molecule has 2 aromatic heterocycles. The fraction of sp³-hybridized carbons (Fsp3) is 0.300. The minimum atomic E-state index is -0.502. The van der Waals surface area contributed by atoms with E-state index in [2.05, 4.69) is 15.6 Å². The van der Waals surface area contributed by atoms with E-state index >= 15 is 0 Å². The van der Waals surface area contributed by atoms with Crippen LogP contribution in [0, 0.1) is 0 Å². The standard InChI is InChI=1S/C20H22N4O4/c1-26-16-6-5-14(23-20(25)18-11-21-7-9-27-18)10-17(16)28-13-15-12-24-8-3-2-4-19(24)22-15/h2-6,8,10,12,18,21H,7,9,11,13H2,1H3,(H,23,25). The molecule has 8 nitrogen and oxygen atoms in total. The largest absolute Gasteiger partial charge is 0.493 e. The molecule has 28 heavy (non-hydrogen) atoms. The third-order valence-corrected chi connectivity index (χ3v) is 4.44. The third-order valence-electron chi connectivity index (χ3n) is 4.44. The molecule has 3 aromatic rings. The van der Waals surface area contributed by atoms with Gasteiger partial charge in [0.25, 0.3) is 5.91 Å². The molecule has 146 valence electrons. The lowest BCUT2D eigenvalue weighted by molar-refractivity contribution is -0.128. The second-order valence-electron chi connectivity index (χ2n) is 6.41. The molecule has 1 saturated heterocycles. The van der Waals surface area contributed by atoms with Crippen LogP contribution in [0.25, 0.3) is 5.65 Å². The van der Waals surface area contributed by atoms with Crippen molar-refractivity contribution in [2.75, 3.05) is 32.1 Å². The first-order chi connectivity index (χ1) is 13.7. The van der Waals surface area contributed by atoms with Crippen molar-refractivity contribution in [3.05, 3.63) is 54.5 Å². The Morgan fingerprint density at radius 3 is 3.07 bits per heavy atom. The van der Waals surface area contributed by atoms with Crippen molar-refractivity contribution in [3.63, 3.8) is 0 Å². The summed E-state index contributed by atoms with van der Waals surface area (Å²) < 4.78 is 18.7. The van der Waals surface area contributed by atoms with Gasteiger partial charge in [-0.2, -0.15) is 0 Å². The predicted molar refractivity (Wildman–Crippen MR) is 104 cm³/mol. The Hall–Kier alpha value is -3.10. The first-order valence-electron chi connectivity index (χ1n) is 9.09. The fourth-order valence-electron chi connectivity index (χ4n) is 3.03. The highest BCUT2D eigenvalue weighted by Gasteiger charge is 2.22. The van der Waals surface area contributed by atoms with Crippen LogP contribution in [-0.2, 0) is 16.1 Å². The molecule has 1 atom stereocenters. The molecular formula is C20H22N4O4. The highest BCUT2D eigenvalue weighted by Crippen LogP contribution is 2.31. The Bertz CT molecular complexity index is 933. The zero-order valence-corrected chi connectivity index (χ0v) is 15.6. The van der Waals surface area contributed by atoms with Gasteiger partial charge in [-0.05, 0) is 24.3 Å². The highest BCUT2D eigenvalue weighted by atomic mass is 16.5. The summed E-state index contributed by atoms with van der Waals surface area (Å²) in [6.07, 6.45) is 3.35. The van der Waals surface area contributed by atoms with Crippen molar-refractivity contribution in [1.29, 1.82) is 0 Å². The molecule has 0 radical (unpaired) electrons. The molecule has 1 unspecified atom stereocenters. The van der Waals surface area contributed by atoms with Gasteiger partial charge in [0, 0.05) is 37.2 Å². The van der Waals surface area contributed by atoms with Crippen LogP contribution in [0.4, 0.5) is 5.69 Å². The number of ether oxygens (including phenoxy) is 3. The van der Waals surface area contributed by atoms with Gasteiger partial charge in [-0.1, -0.05) is 6.07 Å². The first-order valence-corrected chi connectivity index (χ1v) is 9.09. The van der Waals surface area contributed by atoms with Crippen LogP contribution in [0.2, 0.25) is 0 Å². The zero-order chi connectivity index (χ0) is 19.3. The normalized spacial score (nSPS) is 16.7. The Labute approximate surface area is 162 Å². The average molecular weight is 382 g/mol. The molecule has 8 heteroatoms.